The first-order valence-electron chi connectivity index (χ1n) is 9.74. The number of amides is 1. The van der Waals surface area contributed by atoms with Gasteiger partial charge in [-0.1, -0.05) is 17.3 Å². The summed E-state index contributed by atoms with van der Waals surface area (Å²) in [7, 11) is 0. The molecule has 0 N–H and O–H groups in total. The molecule has 3 rings (SSSR count). The molecule has 0 aliphatic heterocycles. The number of aryl methyl sites for hydroxylation is 1. The van der Waals surface area contributed by atoms with E-state index in [9.17, 15) is 13.6 Å². The Kier molecular flexibility index (Phi) is 6.57. The minimum absolute atomic E-state index is 0.102. The lowest BCUT2D eigenvalue weighted by Crippen LogP contribution is -2.42. The van der Waals surface area contributed by atoms with Gasteiger partial charge in [-0.25, -0.2) is 9.97 Å². The summed E-state index contributed by atoms with van der Waals surface area (Å²) in [6, 6.07) is 6.66. The van der Waals surface area contributed by atoms with Crippen LogP contribution < -0.4 is 4.74 Å². The maximum atomic E-state index is 13.3. The van der Waals surface area contributed by atoms with Crippen LogP contribution in [0.15, 0.2) is 41.2 Å². The van der Waals surface area contributed by atoms with Crippen molar-refractivity contribution >= 4 is 5.91 Å². The van der Waals surface area contributed by atoms with E-state index in [2.05, 4.69) is 20.1 Å². The summed E-state index contributed by atoms with van der Waals surface area (Å²) < 4.78 is 37.3. The molecule has 0 saturated heterocycles. The second kappa shape index (κ2) is 9.15. The zero-order chi connectivity index (χ0) is 22.6. The zero-order valence-electron chi connectivity index (χ0n) is 17.7. The molecule has 0 aliphatic carbocycles. The highest BCUT2D eigenvalue weighted by molar-refractivity contribution is 6.00. The van der Waals surface area contributed by atoms with E-state index < -0.39 is 11.6 Å². The number of alkyl halides is 2. The van der Waals surface area contributed by atoms with Crippen LogP contribution >= 0.6 is 0 Å². The molecule has 0 radical (unpaired) electrons. The van der Waals surface area contributed by atoms with Crippen molar-refractivity contribution in [3.05, 3.63) is 53.7 Å². The summed E-state index contributed by atoms with van der Waals surface area (Å²) in [6.45, 7) is 6.66. The van der Waals surface area contributed by atoms with Gasteiger partial charge in [-0.05, 0) is 32.9 Å². The highest BCUT2D eigenvalue weighted by Crippen LogP contribution is 2.25. The third-order valence-corrected chi connectivity index (χ3v) is 4.60. The normalized spacial score (nSPS) is 12.5. The number of aromatic nitrogens is 4. The highest BCUT2D eigenvalue weighted by atomic mass is 19.3. The highest BCUT2D eigenvalue weighted by Gasteiger charge is 2.27. The van der Waals surface area contributed by atoms with Crippen molar-refractivity contribution < 1.29 is 22.8 Å². The minimum atomic E-state index is -3.07. The first-order valence-corrected chi connectivity index (χ1v) is 9.74. The van der Waals surface area contributed by atoms with Crippen LogP contribution in [0.25, 0.3) is 11.5 Å². The third-order valence-electron chi connectivity index (χ3n) is 4.60. The average Bonchev–Trinajstić information content (AvgIpc) is 3.18. The van der Waals surface area contributed by atoms with Crippen LogP contribution in [-0.4, -0.2) is 50.1 Å². The van der Waals surface area contributed by atoms with E-state index in [1.807, 2.05) is 13.8 Å². The van der Waals surface area contributed by atoms with Crippen molar-refractivity contribution in [1.29, 1.82) is 0 Å². The molecule has 2 aromatic heterocycles. The summed E-state index contributed by atoms with van der Waals surface area (Å²) >= 11 is 0. The molecule has 0 saturated carbocycles. The minimum Gasteiger partial charge on any atom is -0.474 e. The van der Waals surface area contributed by atoms with Gasteiger partial charge in [0, 0.05) is 13.5 Å². The number of likely N-dealkylation sites (N-methyl/N-ethyl adjacent to an activating group) is 1. The van der Waals surface area contributed by atoms with Gasteiger partial charge < -0.3 is 14.2 Å². The first kappa shape index (κ1) is 22.3. The summed E-state index contributed by atoms with van der Waals surface area (Å²) in [5.41, 5.74) is 0.530. The molecule has 3 aromatic rings. The number of ether oxygens (including phenoxy) is 1. The van der Waals surface area contributed by atoms with Gasteiger partial charge in [0.2, 0.25) is 5.88 Å². The molecule has 0 fully saturated rings. The molecule has 0 unspecified atom stereocenters. The first-order chi connectivity index (χ1) is 14.7. The summed E-state index contributed by atoms with van der Waals surface area (Å²) in [5, 5.41) is 3.79. The van der Waals surface area contributed by atoms with Crippen LogP contribution in [0.4, 0.5) is 8.78 Å². The second-order valence-electron chi connectivity index (χ2n) is 7.07. The molecule has 2 heterocycles. The van der Waals surface area contributed by atoms with Crippen molar-refractivity contribution in [2.45, 2.75) is 39.7 Å². The lowest BCUT2D eigenvalue weighted by Gasteiger charge is -2.28. The molecule has 0 aliphatic rings. The van der Waals surface area contributed by atoms with Crippen LogP contribution in [-0.2, 0) is 5.92 Å². The fourth-order valence-electron chi connectivity index (χ4n) is 2.99. The van der Waals surface area contributed by atoms with Crippen molar-refractivity contribution in [2.75, 3.05) is 13.2 Å². The van der Waals surface area contributed by atoms with E-state index in [4.69, 9.17) is 9.26 Å². The Balaban J connectivity index is 1.72. The molecule has 31 heavy (non-hydrogen) atoms. The molecule has 10 heteroatoms. The Labute approximate surface area is 178 Å². The lowest BCUT2D eigenvalue weighted by atomic mass is 10.1. The third kappa shape index (κ3) is 5.19. The Morgan fingerprint density at radius 3 is 2.58 bits per heavy atom. The van der Waals surface area contributed by atoms with Gasteiger partial charge >= 0.3 is 0 Å². The van der Waals surface area contributed by atoms with E-state index in [1.54, 1.807) is 36.1 Å². The van der Waals surface area contributed by atoms with Crippen LogP contribution in [0.2, 0.25) is 0 Å². The predicted octanol–water partition coefficient (Wildman–Crippen LogP) is 3.88. The topological polar surface area (TPSA) is 94.2 Å². The average molecular weight is 431 g/mol. The van der Waals surface area contributed by atoms with Crippen LogP contribution in [0, 0.1) is 6.92 Å². The summed E-state index contributed by atoms with van der Waals surface area (Å²) in [5.74, 6) is -2.46. The monoisotopic (exact) mass is 431 g/mol. The Bertz CT molecular complexity index is 1030. The van der Waals surface area contributed by atoms with Crippen molar-refractivity contribution in [1.82, 2.24) is 25.0 Å². The number of nitrogens with zero attached hydrogens (tertiary/aromatic N) is 5. The van der Waals surface area contributed by atoms with E-state index in [0.29, 0.717) is 23.5 Å². The Morgan fingerprint density at radius 2 is 2.00 bits per heavy atom. The number of halogens is 2. The fourth-order valence-corrected chi connectivity index (χ4v) is 2.99. The zero-order valence-corrected chi connectivity index (χ0v) is 17.7. The molecular formula is C21H23F2N5O3. The standard InChI is InChI=1S/C21H23F2N5O3/c1-5-28(13(2)12-30-18-11-24-17(10-25-18)21(4,22)23)20(29)16-9-7-6-8-15(16)19-26-14(3)27-31-19/h6-11,13H,5,12H2,1-4H3/t13-/m0/s1. The van der Waals surface area contributed by atoms with Gasteiger partial charge in [-0.15, -0.1) is 0 Å². The molecule has 164 valence electrons. The maximum absolute atomic E-state index is 13.3. The number of carbonyl (C=O) groups is 1. The van der Waals surface area contributed by atoms with Crippen molar-refractivity contribution in [3.63, 3.8) is 0 Å². The van der Waals surface area contributed by atoms with Gasteiger partial charge in [-0.2, -0.15) is 13.8 Å². The Hall–Kier alpha value is -3.43. The van der Waals surface area contributed by atoms with Gasteiger partial charge in [0.05, 0.1) is 29.6 Å². The van der Waals surface area contributed by atoms with Crippen LogP contribution in [0.1, 0.15) is 42.6 Å². The molecule has 1 amide bonds. The van der Waals surface area contributed by atoms with E-state index in [0.717, 1.165) is 19.3 Å². The van der Waals surface area contributed by atoms with Crippen LogP contribution in [0.5, 0.6) is 5.88 Å². The second-order valence-corrected chi connectivity index (χ2v) is 7.07. The van der Waals surface area contributed by atoms with Crippen molar-refractivity contribution in [3.8, 4) is 17.3 Å². The number of hydrogen-bond acceptors (Lipinski definition) is 7. The number of hydrogen-bond donors (Lipinski definition) is 0. The SMILES string of the molecule is CCN(C(=O)c1ccccc1-c1nc(C)no1)[C@@H](C)COc1cnc(C(C)(F)F)cn1. The largest absolute Gasteiger partial charge is 0.474 e. The van der Waals surface area contributed by atoms with E-state index in [1.165, 1.54) is 0 Å². The summed E-state index contributed by atoms with van der Waals surface area (Å²) in [6.07, 6.45) is 2.12. The number of rotatable bonds is 8. The molecule has 8 nitrogen and oxygen atoms in total. The quantitative estimate of drug-likeness (QED) is 0.534. The van der Waals surface area contributed by atoms with Gasteiger partial charge in [0.1, 0.15) is 12.3 Å². The van der Waals surface area contributed by atoms with Crippen molar-refractivity contribution in [2.24, 2.45) is 0 Å². The van der Waals surface area contributed by atoms with E-state index >= 15 is 0 Å². The molecule has 0 spiro atoms. The molecular weight excluding hydrogens is 408 g/mol. The summed E-state index contributed by atoms with van der Waals surface area (Å²) in [4.78, 5) is 26.6. The van der Waals surface area contributed by atoms with Gasteiger partial charge in [0.15, 0.2) is 5.82 Å². The van der Waals surface area contributed by atoms with E-state index in [-0.39, 0.29) is 30.3 Å². The molecule has 1 atom stereocenters. The fraction of sp³-hybridized carbons (Fsp3) is 0.381. The maximum Gasteiger partial charge on any atom is 0.288 e. The number of benzene rings is 1. The van der Waals surface area contributed by atoms with Gasteiger partial charge in [-0.3, -0.25) is 4.79 Å². The predicted molar refractivity (Wildman–Crippen MR) is 108 cm³/mol. The molecule has 0 bridgehead atoms. The number of carbonyl (C=O) groups excluding carboxylic acids is 1. The smallest absolute Gasteiger partial charge is 0.288 e. The van der Waals surface area contributed by atoms with Crippen LogP contribution in [0.3, 0.4) is 0 Å². The van der Waals surface area contributed by atoms with Gasteiger partial charge in [0.25, 0.3) is 17.7 Å². The lowest BCUT2D eigenvalue weighted by molar-refractivity contribution is 0.0121. The Morgan fingerprint density at radius 1 is 1.26 bits per heavy atom. The molecule has 1 aromatic carbocycles.